The summed E-state index contributed by atoms with van der Waals surface area (Å²) < 4.78 is 11.1. The maximum absolute atomic E-state index is 12.9. The molecule has 1 amide bonds. The monoisotopic (exact) mass is 447 g/mol. The molecule has 0 saturated carbocycles. The fourth-order valence-electron chi connectivity index (χ4n) is 4.56. The third-order valence-electron chi connectivity index (χ3n) is 6.15. The van der Waals surface area contributed by atoms with Gasteiger partial charge < -0.3 is 14.8 Å². The first-order valence-electron chi connectivity index (χ1n) is 11.7. The molecule has 2 aromatic carbocycles. The predicted molar refractivity (Wildman–Crippen MR) is 130 cm³/mol. The van der Waals surface area contributed by atoms with Crippen molar-refractivity contribution in [3.63, 3.8) is 0 Å². The minimum atomic E-state index is -0.0516. The highest BCUT2D eigenvalue weighted by molar-refractivity contribution is 5.83. The van der Waals surface area contributed by atoms with Crippen LogP contribution in [0.4, 0.5) is 0 Å². The number of methoxy groups -OCH3 is 1. The van der Waals surface area contributed by atoms with Crippen molar-refractivity contribution in [1.82, 2.24) is 15.2 Å². The smallest absolute Gasteiger partial charge is 0.224 e. The highest BCUT2D eigenvalue weighted by Gasteiger charge is 2.32. The fourth-order valence-corrected chi connectivity index (χ4v) is 4.56. The van der Waals surface area contributed by atoms with Gasteiger partial charge in [0.1, 0.15) is 5.75 Å². The fraction of sp³-hybridized carbons (Fsp3) is 0.407. The van der Waals surface area contributed by atoms with Crippen molar-refractivity contribution in [2.75, 3.05) is 40.0 Å². The van der Waals surface area contributed by atoms with Crippen LogP contribution in [0.3, 0.4) is 0 Å². The molecule has 0 spiro atoms. The molecule has 1 aliphatic heterocycles. The highest BCUT2D eigenvalue weighted by Crippen LogP contribution is 2.26. The van der Waals surface area contributed by atoms with Gasteiger partial charge in [0, 0.05) is 52.0 Å². The van der Waals surface area contributed by atoms with Crippen LogP contribution in [-0.2, 0) is 16.1 Å². The van der Waals surface area contributed by atoms with Crippen LogP contribution in [0.15, 0.2) is 67.0 Å². The van der Waals surface area contributed by atoms with Crippen molar-refractivity contribution < 1.29 is 14.3 Å². The number of ether oxygens (including phenoxy) is 2. The normalized spacial score (nSPS) is 18.8. The molecule has 0 aliphatic carbocycles. The number of likely N-dealkylation sites (tertiary alicyclic amines) is 1. The Bertz CT molecular complexity index is 1030. The maximum Gasteiger partial charge on any atom is 0.224 e. The van der Waals surface area contributed by atoms with Crippen molar-refractivity contribution in [2.24, 2.45) is 11.8 Å². The van der Waals surface area contributed by atoms with Crippen LogP contribution in [0.25, 0.3) is 10.8 Å². The summed E-state index contributed by atoms with van der Waals surface area (Å²) in [5.41, 5.74) is 1.27. The molecule has 174 valence electrons. The molecule has 33 heavy (non-hydrogen) atoms. The van der Waals surface area contributed by atoms with Crippen LogP contribution >= 0.6 is 0 Å². The molecular weight excluding hydrogens is 414 g/mol. The van der Waals surface area contributed by atoms with Gasteiger partial charge in [-0.25, -0.2) is 0 Å². The standard InChI is InChI=1S/C27H33N3O3/c1-32-13-5-12-29-27(31)25-15-22(20-33-26-8-4-11-28-16-26)18-30(19-25)17-21-9-10-23-6-2-3-7-24(23)14-21/h2-4,6-11,14,16,22,25H,5,12-13,15,17-20H2,1H3,(H,29,31)/t22-,25+/m0/s1. The van der Waals surface area contributed by atoms with Crippen molar-refractivity contribution in [2.45, 2.75) is 19.4 Å². The first-order valence-corrected chi connectivity index (χ1v) is 11.7. The van der Waals surface area contributed by atoms with Crippen molar-refractivity contribution in [3.8, 4) is 5.75 Å². The van der Waals surface area contributed by atoms with Crippen LogP contribution in [0.5, 0.6) is 5.75 Å². The summed E-state index contributed by atoms with van der Waals surface area (Å²) in [5.74, 6) is 1.11. The zero-order valence-electron chi connectivity index (χ0n) is 19.3. The van der Waals surface area contributed by atoms with Crippen LogP contribution in [0, 0.1) is 11.8 Å². The average Bonchev–Trinajstić information content (AvgIpc) is 2.86. The lowest BCUT2D eigenvalue weighted by Gasteiger charge is -2.37. The number of hydrogen-bond donors (Lipinski definition) is 1. The van der Waals surface area contributed by atoms with E-state index < -0.39 is 0 Å². The molecule has 4 rings (SSSR count). The minimum Gasteiger partial charge on any atom is -0.492 e. The number of carbonyl (C=O) groups is 1. The number of piperidine rings is 1. The molecular formula is C27H33N3O3. The summed E-state index contributed by atoms with van der Waals surface area (Å²) in [6.45, 7) is 4.35. The number of pyridine rings is 1. The number of hydrogen-bond acceptors (Lipinski definition) is 5. The minimum absolute atomic E-state index is 0.0516. The zero-order chi connectivity index (χ0) is 22.9. The summed E-state index contributed by atoms with van der Waals surface area (Å²) in [4.78, 5) is 19.4. The molecule has 1 fully saturated rings. The van der Waals surface area contributed by atoms with E-state index in [4.69, 9.17) is 9.47 Å². The van der Waals surface area contributed by atoms with E-state index >= 15 is 0 Å². The number of amides is 1. The number of nitrogens with zero attached hydrogens (tertiary/aromatic N) is 2. The molecule has 2 heterocycles. The third kappa shape index (κ3) is 6.76. The number of benzene rings is 2. The summed E-state index contributed by atoms with van der Waals surface area (Å²) in [7, 11) is 1.68. The Labute approximate surface area is 195 Å². The Balaban J connectivity index is 1.42. The van der Waals surface area contributed by atoms with Crippen molar-refractivity contribution in [1.29, 1.82) is 0 Å². The average molecular weight is 448 g/mol. The largest absolute Gasteiger partial charge is 0.492 e. The molecule has 1 N–H and O–H groups in total. The number of rotatable bonds is 10. The molecule has 6 heteroatoms. The maximum atomic E-state index is 12.9. The van der Waals surface area contributed by atoms with Gasteiger partial charge in [0.2, 0.25) is 5.91 Å². The molecule has 0 bridgehead atoms. The van der Waals surface area contributed by atoms with E-state index in [9.17, 15) is 4.79 Å². The molecule has 3 aromatic rings. The summed E-state index contributed by atoms with van der Waals surface area (Å²) >= 11 is 0. The highest BCUT2D eigenvalue weighted by atomic mass is 16.5. The lowest BCUT2D eigenvalue weighted by Crippen LogP contribution is -2.47. The summed E-state index contributed by atoms with van der Waals surface area (Å²) in [6.07, 6.45) is 5.12. The Kier molecular flexibility index (Phi) is 8.28. The van der Waals surface area contributed by atoms with Gasteiger partial charge in [-0.3, -0.25) is 14.7 Å². The van der Waals surface area contributed by atoms with E-state index in [2.05, 4.69) is 57.7 Å². The molecule has 0 unspecified atom stereocenters. The molecule has 1 aliphatic rings. The quantitative estimate of drug-likeness (QED) is 0.478. The Morgan fingerprint density at radius 3 is 2.82 bits per heavy atom. The Morgan fingerprint density at radius 2 is 2.00 bits per heavy atom. The van der Waals surface area contributed by atoms with Gasteiger partial charge in [-0.05, 0) is 47.4 Å². The molecule has 2 atom stereocenters. The predicted octanol–water partition coefficient (Wildman–Crippen LogP) is 3.90. The second-order valence-electron chi connectivity index (χ2n) is 8.81. The topological polar surface area (TPSA) is 63.7 Å². The van der Waals surface area contributed by atoms with Gasteiger partial charge in [-0.15, -0.1) is 0 Å². The third-order valence-corrected chi connectivity index (χ3v) is 6.15. The Morgan fingerprint density at radius 1 is 1.12 bits per heavy atom. The van der Waals surface area contributed by atoms with Crippen LogP contribution < -0.4 is 10.1 Å². The second kappa shape index (κ2) is 11.8. The molecule has 6 nitrogen and oxygen atoms in total. The SMILES string of the molecule is COCCCNC(=O)[C@@H]1C[C@H](COc2cccnc2)CN(Cc2ccc3ccccc3c2)C1. The first-order chi connectivity index (χ1) is 16.2. The Hall–Kier alpha value is -2.96. The zero-order valence-corrected chi connectivity index (χ0v) is 19.3. The number of carbonyl (C=O) groups excluding carboxylic acids is 1. The number of nitrogens with one attached hydrogen (secondary N) is 1. The van der Waals surface area contributed by atoms with E-state index in [1.54, 1.807) is 19.5 Å². The summed E-state index contributed by atoms with van der Waals surface area (Å²) in [6, 6.07) is 18.8. The lowest BCUT2D eigenvalue weighted by molar-refractivity contribution is -0.127. The molecule has 0 radical (unpaired) electrons. The van der Waals surface area contributed by atoms with E-state index in [-0.39, 0.29) is 17.7 Å². The van der Waals surface area contributed by atoms with Gasteiger partial charge >= 0.3 is 0 Å². The first kappa shape index (κ1) is 23.2. The second-order valence-corrected chi connectivity index (χ2v) is 8.81. The van der Waals surface area contributed by atoms with Crippen molar-refractivity contribution >= 4 is 16.7 Å². The number of fused-ring (bicyclic) bond motifs is 1. The van der Waals surface area contributed by atoms with Gasteiger partial charge in [-0.2, -0.15) is 0 Å². The van der Waals surface area contributed by atoms with E-state index in [1.165, 1.54) is 16.3 Å². The molecule has 1 saturated heterocycles. The van der Waals surface area contributed by atoms with E-state index in [1.807, 2.05) is 12.1 Å². The van der Waals surface area contributed by atoms with E-state index in [0.717, 1.165) is 38.2 Å². The van der Waals surface area contributed by atoms with Crippen LogP contribution in [-0.4, -0.2) is 55.7 Å². The van der Waals surface area contributed by atoms with Crippen LogP contribution in [0.2, 0.25) is 0 Å². The lowest BCUT2D eigenvalue weighted by atomic mass is 9.88. The molecule has 1 aromatic heterocycles. The summed E-state index contributed by atoms with van der Waals surface area (Å²) in [5, 5.41) is 5.59. The van der Waals surface area contributed by atoms with Gasteiger partial charge in [0.05, 0.1) is 18.7 Å². The van der Waals surface area contributed by atoms with Gasteiger partial charge in [0.25, 0.3) is 0 Å². The van der Waals surface area contributed by atoms with Gasteiger partial charge in [-0.1, -0.05) is 36.4 Å². The van der Waals surface area contributed by atoms with Gasteiger partial charge in [0.15, 0.2) is 0 Å². The van der Waals surface area contributed by atoms with Crippen molar-refractivity contribution in [3.05, 3.63) is 72.6 Å². The number of aromatic nitrogens is 1. The van der Waals surface area contributed by atoms with E-state index in [0.29, 0.717) is 19.8 Å². The van der Waals surface area contributed by atoms with Crippen LogP contribution in [0.1, 0.15) is 18.4 Å².